The highest BCUT2D eigenvalue weighted by Crippen LogP contribution is 2.34. The third-order valence-electron chi connectivity index (χ3n) is 3.23. The summed E-state index contributed by atoms with van der Waals surface area (Å²) in [6.45, 7) is 4.64. The van der Waals surface area contributed by atoms with E-state index in [2.05, 4.69) is 4.90 Å². The highest BCUT2D eigenvalue weighted by Gasteiger charge is 2.23. The third-order valence-corrected chi connectivity index (χ3v) is 3.23. The monoisotopic (exact) mass is 236 g/mol. The molecule has 1 fully saturated rings. The van der Waals surface area contributed by atoms with Crippen LogP contribution in [0.15, 0.2) is 18.2 Å². The Morgan fingerprint density at radius 1 is 1.53 bits per heavy atom. The van der Waals surface area contributed by atoms with Gasteiger partial charge in [-0.1, -0.05) is 6.07 Å². The van der Waals surface area contributed by atoms with E-state index in [1.807, 2.05) is 25.1 Å². The lowest BCUT2D eigenvalue weighted by atomic mass is 10.1. The first kappa shape index (κ1) is 12.0. The van der Waals surface area contributed by atoms with Crippen LogP contribution >= 0.6 is 0 Å². The molecule has 0 aromatic heterocycles. The molecule has 1 saturated heterocycles. The summed E-state index contributed by atoms with van der Waals surface area (Å²) in [4.78, 5) is 2.22. The summed E-state index contributed by atoms with van der Waals surface area (Å²) in [5.74, 6) is 1.11. The van der Waals surface area contributed by atoms with Gasteiger partial charge >= 0.3 is 0 Å². The van der Waals surface area contributed by atoms with Crippen LogP contribution in [0.1, 0.15) is 13.3 Å². The smallest absolute Gasteiger partial charge is 0.144 e. The summed E-state index contributed by atoms with van der Waals surface area (Å²) >= 11 is 0. The Labute approximate surface area is 102 Å². The molecule has 0 bridgehead atoms. The number of hydrogen-bond donors (Lipinski definition) is 2. The van der Waals surface area contributed by atoms with Gasteiger partial charge in [0.05, 0.1) is 18.0 Å². The summed E-state index contributed by atoms with van der Waals surface area (Å²) in [7, 11) is 0. The summed E-state index contributed by atoms with van der Waals surface area (Å²) in [6.07, 6.45) is 1.02. The third kappa shape index (κ3) is 2.47. The maximum Gasteiger partial charge on any atom is 0.144 e. The van der Waals surface area contributed by atoms with Crippen LogP contribution in [0.25, 0.3) is 0 Å². The molecule has 4 heteroatoms. The zero-order chi connectivity index (χ0) is 12.3. The largest absolute Gasteiger partial charge is 0.492 e. The molecule has 1 unspecified atom stereocenters. The number of anilines is 2. The van der Waals surface area contributed by atoms with Gasteiger partial charge in [-0.2, -0.15) is 0 Å². The predicted octanol–water partition coefficient (Wildman–Crippen LogP) is 1.49. The lowest BCUT2D eigenvalue weighted by Crippen LogP contribution is -2.21. The van der Waals surface area contributed by atoms with E-state index >= 15 is 0 Å². The minimum absolute atomic E-state index is 0.252. The molecule has 1 atom stereocenters. The molecule has 0 amide bonds. The first-order chi connectivity index (χ1) is 8.26. The minimum Gasteiger partial charge on any atom is -0.492 e. The van der Waals surface area contributed by atoms with Crippen LogP contribution in [0.2, 0.25) is 0 Å². The Morgan fingerprint density at radius 2 is 2.35 bits per heavy atom. The van der Waals surface area contributed by atoms with E-state index in [1.165, 1.54) is 0 Å². The molecular weight excluding hydrogens is 216 g/mol. The fourth-order valence-electron chi connectivity index (χ4n) is 2.29. The van der Waals surface area contributed by atoms with Gasteiger partial charge in [-0.05, 0) is 25.5 Å². The number of aliphatic hydroxyl groups is 1. The molecule has 1 heterocycles. The van der Waals surface area contributed by atoms with Crippen molar-refractivity contribution in [3.05, 3.63) is 18.2 Å². The van der Waals surface area contributed by atoms with Crippen molar-refractivity contribution in [3.8, 4) is 5.75 Å². The highest BCUT2D eigenvalue weighted by molar-refractivity contribution is 5.74. The lowest BCUT2D eigenvalue weighted by molar-refractivity contribution is 0.238. The average Bonchev–Trinajstić information content (AvgIpc) is 2.80. The zero-order valence-corrected chi connectivity index (χ0v) is 10.2. The fraction of sp³-hybridized carbons (Fsp3) is 0.538. The second kappa shape index (κ2) is 5.27. The van der Waals surface area contributed by atoms with Crippen molar-refractivity contribution >= 4 is 11.4 Å². The molecule has 0 spiro atoms. The number of nitrogen functional groups attached to an aromatic ring is 1. The number of nitrogens with zero attached hydrogens (tertiary/aromatic N) is 1. The molecule has 1 aliphatic rings. The van der Waals surface area contributed by atoms with E-state index in [4.69, 9.17) is 15.6 Å². The van der Waals surface area contributed by atoms with Gasteiger partial charge in [0.15, 0.2) is 0 Å². The number of ether oxygens (including phenoxy) is 1. The van der Waals surface area contributed by atoms with Gasteiger partial charge in [0, 0.05) is 25.6 Å². The number of hydrogen-bond acceptors (Lipinski definition) is 4. The standard InChI is InChI=1S/C13H20N2O2/c1-2-17-12-5-3-4-11(13(12)14)15-7-6-10(8-15)9-16/h3-5,10,16H,2,6-9,14H2,1H3. The van der Waals surface area contributed by atoms with Gasteiger partial charge in [0.25, 0.3) is 0 Å². The van der Waals surface area contributed by atoms with Gasteiger partial charge < -0.3 is 20.5 Å². The van der Waals surface area contributed by atoms with E-state index in [9.17, 15) is 0 Å². The second-order valence-corrected chi connectivity index (χ2v) is 4.41. The number of rotatable bonds is 4. The van der Waals surface area contributed by atoms with Gasteiger partial charge in [0.2, 0.25) is 0 Å². The van der Waals surface area contributed by atoms with Crippen LogP contribution in [0, 0.1) is 5.92 Å². The SMILES string of the molecule is CCOc1cccc(N2CCC(CO)C2)c1N. The van der Waals surface area contributed by atoms with Crippen molar-refractivity contribution in [1.82, 2.24) is 0 Å². The van der Waals surface area contributed by atoms with Crippen LogP contribution in [0.5, 0.6) is 5.75 Å². The Morgan fingerprint density at radius 3 is 3.00 bits per heavy atom. The topological polar surface area (TPSA) is 58.7 Å². The molecule has 17 heavy (non-hydrogen) atoms. The van der Waals surface area contributed by atoms with Crippen molar-refractivity contribution in [1.29, 1.82) is 0 Å². The fourth-order valence-corrected chi connectivity index (χ4v) is 2.29. The number of aliphatic hydroxyl groups excluding tert-OH is 1. The molecule has 0 aliphatic carbocycles. The summed E-state index contributed by atoms with van der Waals surface area (Å²) in [5, 5.41) is 9.16. The van der Waals surface area contributed by atoms with E-state index in [0.717, 1.165) is 30.9 Å². The molecule has 94 valence electrons. The number of para-hydroxylation sites is 1. The molecule has 1 aromatic rings. The van der Waals surface area contributed by atoms with Gasteiger partial charge in [-0.15, -0.1) is 0 Å². The van der Waals surface area contributed by atoms with Crippen molar-refractivity contribution in [3.63, 3.8) is 0 Å². The summed E-state index contributed by atoms with van der Waals surface area (Å²) in [5.41, 5.74) is 7.83. The van der Waals surface area contributed by atoms with E-state index in [-0.39, 0.29) is 6.61 Å². The molecular formula is C13H20N2O2. The van der Waals surface area contributed by atoms with Crippen LogP contribution in [0.3, 0.4) is 0 Å². The van der Waals surface area contributed by atoms with Crippen molar-refractivity contribution in [2.24, 2.45) is 5.92 Å². The second-order valence-electron chi connectivity index (χ2n) is 4.41. The van der Waals surface area contributed by atoms with E-state index < -0.39 is 0 Å². The van der Waals surface area contributed by atoms with Crippen LogP contribution < -0.4 is 15.4 Å². The molecule has 3 N–H and O–H groups in total. The zero-order valence-electron chi connectivity index (χ0n) is 10.2. The quantitative estimate of drug-likeness (QED) is 0.778. The highest BCUT2D eigenvalue weighted by atomic mass is 16.5. The van der Waals surface area contributed by atoms with Crippen molar-refractivity contribution in [2.45, 2.75) is 13.3 Å². The lowest BCUT2D eigenvalue weighted by Gasteiger charge is -2.21. The molecule has 1 aromatic carbocycles. The predicted molar refractivity (Wildman–Crippen MR) is 69.4 cm³/mol. The summed E-state index contributed by atoms with van der Waals surface area (Å²) in [6, 6.07) is 5.86. The normalized spacial score (nSPS) is 19.6. The number of benzene rings is 1. The first-order valence-electron chi connectivity index (χ1n) is 6.13. The Bertz CT molecular complexity index is 382. The number of nitrogens with two attached hydrogens (primary N) is 1. The van der Waals surface area contributed by atoms with Crippen LogP contribution in [-0.2, 0) is 0 Å². The van der Waals surface area contributed by atoms with Gasteiger partial charge in [-0.3, -0.25) is 0 Å². The molecule has 0 radical (unpaired) electrons. The molecule has 2 rings (SSSR count). The molecule has 0 saturated carbocycles. The Hall–Kier alpha value is -1.42. The minimum atomic E-state index is 0.252. The first-order valence-corrected chi connectivity index (χ1v) is 6.13. The van der Waals surface area contributed by atoms with Crippen molar-refractivity contribution in [2.75, 3.05) is 36.9 Å². The van der Waals surface area contributed by atoms with E-state index in [0.29, 0.717) is 18.2 Å². The molecule has 1 aliphatic heterocycles. The van der Waals surface area contributed by atoms with Crippen molar-refractivity contribution < 1.29 is 9.84 Å². The van der Waals surface area contributed by atoms with Crippen LogP contribution in [-0.4, -0.2) is 31.4 Å². The maximum absolute atomic E-state index is 9.16. The average molecular weight is 236 g/mol. The van der Waals surface area contributed by atoms with E-state index in [1.54, 1.807) is 0 Å². The molecule has 4 nitrogen and oxygen atoms in total. The van der Waals surface area contributed by atoms with Gasteiger partial charge in [-0.25, -0.2) is 0 Å². The Kier molecular flexibility index (Phi) is 3.74. The Balaban J connectivity index is 2.18. The van der Waals surface area contributed by atoms with Crippen LogP contribution in [0.4, 0.5) is 11.4 Å². The maximum atomic E-state index is 9.16. The summed E-state index contributed by atoms with van der Waals surface area (Å²) < 4.78 is 5.49. The van der Waals surface area contributed by atoms with Gasteiger partial charge in [0.1, 0.15) is 5.75 Å².